The van der Waals surface area contributed by atoms with Gasteiger partial charge < -0.3 is 13.9 Å². The summed E-state index contributed by atoms with van der Waals surface area (Å²) in [5.41, 5.74) is 2.78. The molecule has 0 amide bonds. The molecular formula is C35H33NO5. The molecule has 1 unspecified atom stereocenters. The standard InChI is InChI=1S/C35H33NO5/c1-25(2)36(22-26-12-6-3-7-13-26)23-30(40-35(38)28-16-10-5-11-17-28)24-39-29-18-19-31-32(37)21-33(41-34(31)20-29)27-14-8-4-9-15-27/h3-21,25,30H,22-24H2,1-2H3. The number of nitrogens with zero attached hydrogens (tertiary/aromatic N) is 1. The zero-order valence-corrected chi connectivity index (χ0v) is 23.2. The Bertz CT molecular complexity index is 1630. The first-order valence-corrected chi connectivity index (χ1v) is 13.8. The highest BCUT2D eigenvalue weighted by atomic mass is 16.6. The molecule has 5 aromatic rings. The van der Waals surface area contributed by atoms with Crippen molar-refractivity contribution < 1.29 is 18.7 Å². The van der Waals surface area contributed by atoms with Crippen LogP contribution in [0.25, 0.3) is 22.3 Å². The third-order valence-corrected chi connectivity index (χ3v) is 6.87. The van der Waals surface area contributed by atoms with Crippen LogP contribution in [0, 0.1) is 0 Å². The number of hydrogen-bond donors (Lipinski definition) is 0. The van der Waals surface area contributed by atoms with E-state index in [9.17, 15) is 9.59 Å². The summed E-state index contributed by atoms with van der Waals surface area (Å²) in [6, 6.07) is 35.5. The average Bonchev–Trinajstić information content (AvgIpc) is 3.00. The molecule has 0 saturated heterocycles. The van der Waals surface area contributed by atoms with E-state index in [0.29, 0.717) is 41.1 Å². The Morgan fingerprint density at radius 3 is 2.17 bits per heavy atom. The molecule has 5 rings (SSSR count). The van der Waals surface area contributed by atoms with Crippen molar-refractivity contribution in [2.45, 2.75) is 32.5 Å². The van der Waals surface area contributed by atoms with E-state index in [2.05, 4.69) is 30.9 Å². The predicted octanol–water partition coefficient (Wildman–Crippen LogP) is 6.98. The van der Waals surface area contributed by atoms with Gasteiger partial charge in [0.05, 0.1) is 10.9 Å². The van der Waals surface area contributed by atoms with Gasteiger partial charge in [-0.25, -0.2) is 4.79 Å². The van der Waals surface area contributed by atoms with Gasteiger partial charge >= 0.3 is 5.97 Å². The lowest BCUT2D eigenvalue weighted by atomic mass is 10.1. The van der Waals surface area contributed by atoms with Crippen molar-refractivity contribution in [1.29, 1.82) is 0 Å². The molecule has 1 heterocycles. The minimum atomic E-state index is -0.549. The number of benzene rings is 4. The van der Waals surface area contributed by atoms with Crippen LogP contribution in [0.5, 0.6) is 5.75 Å². The van der Waals surface area contributed by atoms with Crippen LogP contribution in [0.1, 0.15) is 29.8 Å². The molecule has 0 fully saturated rings. The van der Waals surface area contributed by atoms with Gasteiger partial charge in [-0.2, -0.15) is 0 Å². The number of hydrogen-bond acceptors (Lipinski definition) is 6. The summed E-state index contributed by atoms with van der Waals surface area (Å²) >= 11 is 0. The summed E-state index contributed by atoms with van der Waals surface area (Å²) in [6.45, 7) is 5.56. The minimum absolute atomic E-state index is 0.125. The van der Waals surface area contributed by atoms with Crippen LogP contribution in [0.15, 0.2) is 124 Å². The molecule has 1 atom stereocenters. The van der Waals surface area contributed by atoms with Crippen molar-refractivity contribution in [3.05, 3.63) is 137 Å². The van der Waals surface area contributed by atoms with Gasteiger partial charge in [-0.3, -0.25) is 9.69 Å². The summed E-state index contributed by atoms with van der Waals surface area (Å²) in [6.07, 6.45) is -0.549. The average molecular weight is 548 g/mol. The minimum Gasteiger partial charge on any atom is -0.490 e. The van der Waals surface area contributed by atoms with Crippen LogP contribution >= 0.6 is 0 Å². The fourth-order valence-electron chi connectivity index (χ4n) is 4.61. The van der Waals surface area contributed by atoms with Crippen LogP contribution in [0.2, 0.25) is 0 Å². The molecule has 6 heteroatoms. The molecule has 208 valence electrons. The van der Waals surface area contributed by atoms with Gasteiger partial charge in [-0.15, -0.1) is 0 Å². The maximum Gasteiger partial charge on any atom is 0.338 e. The molecule has 0 bridgehead atoms. The molecule has 1 aromatic heterocycles. The summed E-state index contributed by atoms with van der Waals surface area (Å²) in [5, 5.41) is 0.470. The van der Waals surface area contributed by atoms with Crippen molar-refractivity contribution in [3.63, 3.8) is 0 Å². The van der Waals surface area contributed by atoms with E-state index >= 15 is 0 Å². The molecule has 0 aliphatic rings. The first kappa shape index (κ1) is 27.9. The maximum atomic E-state index is 13.0. The molecule has 0 saturated carbocycles. The van der Waals surface area contributed by atoms with Crippen molar-refractivity contribution >= 4 is 16.9 Å². The Hall–Kier alpha value is -4.68. The lowest BCUT2D eigenvalue weighted by molar-refractivity contribution is 0.00107. The van der Waals surface area contributed by atoms with Crippen molar-refractivity contribution in [2.75, 3.05) is 13.2 Å². The smallest absolute Gasteiger partial charge is 0.338 e. The second kappa shape index (κ2) is 13.1. The molecule has 0 radical (unpaired) electrons. The van der Waals surface area contributed by atoms with E-state index in [1.165, 1.54) is 11.6 Å². The number of rotatable bonds is 11. The summed E-state index contributed by atoms with van der Waals surface area (Å²) in [7, 11) is 0. The van der Waals surface area contributed by atoms with Gasteiger partial charge in [0.25, 0.3) is 0 Å². The van der Waals surface area contributed by atoms with E-state index in [1.54, 1.807) is 30.3 Å². The fourth-order valence-corrected chi connectivity index (χ4v) is 4.61. The highest BCUT2D eigenvalue weighted by molar-refractivity contribution is 5.89. The topological polar surface area (TPSA) is 69.0 Å². The van der Waals surface area contributed by atoms with Crippen molar-refractivity contribution in [2.24, 2.45) is 0 Å². The Morgan fingerprint density at radius 2 is 1.49 bits per heavy atom. The van der Waals surface area contributed by atoms with Gasteiger partial charge in [0.15, 0.2) is 5.43 Å². The number of carbonyl (C=O) groups is 1. The zero-order valence-electron chi connectivity index (χ0n) is 23.2. The first-order chi connectivity index (χ1) is 20.0. The van der Waals surface area contributed by atoms with Crippen molar-refractivity contribution in [1.82, 2.24) is 4.90 Å². The zero-order chi connectivity index (χ0) is 28.6. The van der Waals surface area contributed by atoms with Crippen LogP contribution in [-0.2, 0) is 11.3 Å². The first-order valence-electron chi connectivity index (χ1n) is 13.8. The molecule has 4 aromatic carbocycles. The number of ether oxygens (including phenoxy) is 2. The van der Waals surface area contributed by atoms with E-state index in [0.717, 1.165) is 5.56 Å². The van der Waals surface area contributed by atoms with Gasteiger partial charge in [-0.05, 0) is 43.7 Å². The van der Waals surface area contributed by atoms with Crippen LogP contribution in [0.3, 0.4) is 0 Å². The molecule has 0 N–H and O–H groups in total. The molecule has 6 nitrogen and oxygen atoms in total. The van der Waals surface area contributed by atoms with Crippen LogP contribution < -0.4 is 10.2 Å². The van der Waals surface area contributed by atoms with Gasteiger partial charge in [0.2, 0.25) is 0 Å². The van der Waals surface area contributed by atoms with Crippen LogP contribution in [-0.4, -0.2) is 36.2 Å². The Labute approximate surface area is 239 Å². The molecule has 0 spiro atoms. The molecular weight excluding hydrogens is 514 g/mol. The van der Waals surface area contributed by atoms with Gasteiger partial charge in [0.1, 0.15) is 29.8 Å². The third-order valence-electron chi connectivity index (χ3n) is 6.87. The van der Waals surface area contributed by atoms with Crippen LogP contribution in [0.4, 0.5) is 0 Å². The summed E-state index contributed by atoms with van der Waals surface area (Å²) < 4.78 is 18.2. The highest BCUT2D eigenvalue weighted by Gasteiger charge is 2.22. The number of esters is 1. The Kier molecular flexibility index (Phi) is 8.92. The Balaban J connectivity index is 1.37. The SMILES string of the molecule is CC(C)N(Cc1ccccc1)CC(COc1ccc2c(=O)cc(-c3ccccc3)oc2c1)OC(=O)c1ccccc1. The quantitative estimate of drug-likeness (QED) is 0.166. The van der Waals surface area contributed by atoms with Gasteiger partial charge in [0, 0.05) is 36.8 Å². The van der Waals surface area contributed by atoms with Crippen molar-refractivity contribution in [3.8, 4) is 17.1 Å². The lowest BCUT2D eigenvalue weighted by Crippen LogP contribution is -2.41. The Morgan fingerprint density at radius 1 is 0.829 bits per heavy atom. The summed E-state index contributed by atoms with van der Waals surface area (Å²) in [5.74, 6) is 0.605. The maximum absolute atomic E-state index is 13.0. The highest BCUT2D eigenvalue weighted by Crippen LogP contribution is 2.25. The predicted molar refractivity (Wildman–Crippen MR) is 161 cm³/mol. The van der Waals surface area contributed by atoms with E-state index < -0.39 is 12.1 Å². The molecule has 41 heavy (non-hydrogen) atoms. The van der Waals surface area contributed by atoms with E-state index in [-0.39, 0.29) is 18.1 Å². The fraction of sp³-hybridized carbons (Fsp3) is 0.200. The second-order valence-electron chi connectivity index (χ2n) is 10.2. The third kappa shape index (κ3) is 7.29. The number of fused-ring (bicyclic) bond motifs is 1. The summed E-state index contributed by atoms with van der Waals surface area (Å²) in [4.78, 5) is 28.0. The molecule has 0 aliphatic heterocycles. The normalized spacial score (nSPS) is 12.0. The largest absolute Gasteiger partial charge is 0.490 e. The molecule has 0 aliphatic carbocycles. The van der Waals surface area contributed by atoms with E-state index in [4.69, 9.17) is 13.9 Å². The van der Waals surface area contributed by atoms with E-state index in [1.807, 2.05) is 66.7 Å². The van der Waals surface area contributed by atoms with Gasteiger partial charge in [-0.1, -0.05) is 78.9 Å². The second-order valence-corrected chi connectivity index (χ2v) is 10.2. The lowest BCUT2D eigenvalue weighted by Gasteiger charge is -2.30. The monoisotopic (exact) mass is 547 g/mol. The number of carbonyl (C=O) groups excluding carboxylic acids is 1.